The second kappa shape index (κ2) is 4.99. The summed E-state index contributed by atoms with van der Waals surface area (Å²) < 4.78 is 0. The minimum absolute atomic E-state index is 1.30. The maximum atomic E-state index is 2.31. The van der Waals surface area contributed by atoms with E-state index in [9.17, 15) is 0 Å². The van der Waals surface area contributed by atoms with E-state index in [1.807, 2.05) is 0 Å². The first-order valence-electron chi connectivity index (χ1n) is 7.77. The summed E-state index contributed by atoms with van der Waals surface area (Å²) in [7, 11) is 0. The molecular formula is C22H18. The van der Waals surface area contributed by atoms with Crippen molar-refractivity contribution in [3.8, 4) is 0 Å². The molecule has 0 saturated carbocycles. The zero-order valence-electron chi connectivity index (χ0n) is 12.9. The molecule has 0 heterocycles. The zero-order chi connectivity index (χ0) is 15.1. The van der Waals surface area contributed by atoms with Gasteiger partial charge >= 0.3 is 0 Å². The molecular weight excluding hydrogens is 264 g/mol. The van der Waals surface area contributed by atoms with Crippen LogP contribution in [0.5, 0.6) is 0 Å². The minimum atomic E-state index is 1.30. The molecule has 0 spiro atoms. The van der Waals surface area contributed by atoms with Gasteiger partial charge in [0.25, 0.3) is 0 Å². The van der Waals surface area contributed by atoms with Crippen molar-refractivity contribution in [1.82, 2.24) is 0 Å². The first-order valence-corrected chi connectivity index (χ1v) is 7.77. The van der Waals surface area contributed by atoms with Crippen LogP contribution in [0.2, 0.25) is 0 Å². The van der Waals surface area contributed by atoms with Crippen LogP contribution in [-0.4, -0.2) is 0 Å². The molecule has 0 aromatic heterocycles. The van der Waals surface area contributed by atoms with Gasteiger partial charge in [-0.15, -0.1) is 0 Å². The Hall–Kier alpha value is -2.60. The van der Waals surface area contributed by atoms with E-state index in [0.29, 0.717) is 0 Å². The molecule has 0 aliphatic heterocycles. The largest absolute Gasteiger partial charge is 0.0798 e. The zero-order valence-corrected chi connectivity index (χ0v) is 12.9. The van der Waals surface area contributed by atoms with E-state index < -0.39 is 0 Å². The predicted molar refractivity (Wildman–Crippen MR) is 98.5 cm³/mol. The molecule has 0 aliphatic carbocycles. The fraction of sp³-hybridized carbons (Fsp3) is 0.0909. The van der Waals surface area contributed by atoms with Crippen molar-refractivity contribution < 1.29 is 0 Å². The van der Waals surface area contributed by atoms with Gasteiger partial charge in [-0.3, -0.25) is 0 Å². The first kappa shape index (κ1) is 13.1. The summed E-state index contributed by atoms with van der Waals surface area (Å²) >= 11 is 0. The van der Waals surface area contributed by atoms with Gasteiger partial charge in [-0.05, 0) is 93.0 Å². The average Bonchev–Trinajstić information content (AvgIpc) is 2.56. The molecule has 0 bridgehead atoms. The van der Waals surface area contributed by atoms with Gasteiger partial charge in [-0.1, -0.05) is 36.4 Å². The summed E-state index contributed by atoms with van der Waals surface area (Å²) in [6.45, 7) is 4.20. The van der Waals surface area contributed by atoms with Crippen molar-refractivity contribution in [2.45, 2.75) is 13.8 Å². The van der Waals surface area contributed by atoms with Gasteiger partial charge in [0, 0.05) is 0 Å². The summed E-state index contributed by atoms with van der Waals surface area (Å²) in [6.07, 6.45) is 4.36. The van der Waals surface area contributed by atoms with Crippen LogP contribution in [0.15, 0.2) is 60.7 Å². The third kappa shape index (κ3) is 2.00. The van der Waals surface area contributed by atoms with Gasteiger partial charge < -0.3 is 0 Å². The lowest BCUT2D eigenvalue weighted by atomic mass is 9.99. The molecule has 0 unspecified atom stereocenters. The van der Waals surface area contributed by atoms with Crippen molar-refractivity contribution in [3.05, 3.63) is 71.1 Å². The highest BCUT2D eigenvalue weighted by Gasteiger charge is 2.01. The van der Waals surface area contributed by atoms with Crippen LogP contribution in [-0.2, 0) is 0 Å². The molecule has 0 nitrogen and oxygen atoms in total. The van der Waals surface area contributed by atoms with Crippen molar-refractivity contribution >= 4 is 44.5 Å². The van der Waals surface area contributed by atoms with E-state index in [1.54, 1.807) is 0 Å². The lowest BCUT2D eigenvalue weighted by Gasteiger charge is -2.06. The van der Waals surface area contributed by atoms with Gasteiger partial charge in [-0.25, -0.2) is 0 Å². The molecule has 0 fully saturated rings. The van der Waals surface area contributed by atoms with Crippen LogP contribution < -0.4 is 10.4 Å². The molecule has 0 heteroatoms. The summed E-state index contributed by atoms with van der Waals surface area (Å²) in [4.78, 5) is 0. The summed E-state index contributed by atoms with van der Waals surface area (Å²) in [5, 5.41) is 10.4. The summed E-state index contributed by atoms with van der Waals surface area (Å²) in [6, 6.07) is 22.3. The molecule has 0 radical (unpaired) electrons. The quantitative estimate of drug-likeness (QED) is 0.408. The standard InChI is InChI=1S/C22H18/c1-3-15-9-19-13-21-11-17-7-5-6-8-18(17)12-22(21)14-20(19)10-16(15)4-2/h3-14H,1-2H3/b15-3-,16-4-. The maximum absolute atomic E-state index is 2.31. The van der Waals surface area contributed by atoms with Crippen molar-refractivity contribution in [1.29, 1.82) is 0 Å². The van der Waals surface area contributed by atoms with Crippen LogP contribution in [0.25, 0.3) is 44.5 Å². The Morgan fingerprint density at radius 3 is 1.27 bits per heavy atom. The van der Waals surface area contributed by atoms with Gasteiger partial charge in [-0.2, -0.15) is 0 Å². The molecule has 0 N–H and O–H groups in total. The Morgan fingerprint density at radius 2 is 0.864 bits per heavy atom. The van der Waals surface area contributed by atoms with Gasteiger partial charge in [0.15, 0.2) is 0 Å². The number of hydrogen-bond acceptors (Lipinski definition) is 0. The van der Waals surface area contributed by atoms with Crippen LogP contribution in [0.3, 0.4) is 0 Å². The van der Waals surface area contributed by atoms with Crippen LogP contribution >= 0.6 is 0 Å². The molecule has 0 amide bonds. The molecule has 106 valence electrons. The normalized spacial score (nSPS) is 13.5. The Labute approximate surface area is 130 Å². The van der Waals surface area contributed by atoms with E-state index >= 15 is 0 Å². The van der Waals surface area contributed by atoms with Crippen molar-refractivity contribution in [3.63, 3.8) is 0 Å². The molecule has 4 aromatic carbocycles. The van der Waals surface area contributed by atoms with Gasteiger partial charge in [0.1, 0.15) is 0 Å². The van der Waals surface area contributed by atoms with Crippen LogP contribution in [0.4, 0.5) is 0 Å². The topological polar surface area (TPSA) is 0 Å². The van der Waals surface area contributed by atoms with E-state index in [1.165, 1.54) is 42.8 Å². The summed E-state index contributed by atoms with van der Waals surface area (Å²) in [5.74, 6) is 0. The van der Waals surface area contributed by atoms with E-state index in [0.717, 1.165) is 0 Å². The smallest absolute Gasteiger partial charge is 0.0171 e. The predicted octanol–water partition coefficient (Wildman–Crippen LogP) is 4.75. The molecule has 4 rings (SSSR count). The average molecular weight is 282 g/mol. The highest BCUT2D eigenvalue weighted by atomic mass is 14.1. The van der Waals surface area contributed by atoms with E-state index in [-0.39, 0.29) is 0 Å². The Kier molecular flexibility index (Phi) is 2.97. The monoisotopic (exact) mass is 282 g/mol. The second-order valence-corrected chi connectivity index (χ2v) is 5.80. The van der Waals surface area contributed by atoms with Crippen molar-refractivity contribution in [2.24, 2.45) is 0 Å². The Bertz CT molecular complexity index is 1040. The van der Waals surface area contributed by atoms with E-state index in [2.05, 4.69) is 86.7 Å². The number of hydrogen-bond donors (Lipinski definition) is 0. The van der Waals surface area contributed by atoms with Gasteiger partial charge in [0.05, 0.1) is 0 Å². The van der Waals surface area contributed by atoms with Crippen LogP contribution in [0, 0.1) is 0 Å². The fourth-order valence-electron chi connectivity index (χ4n) is 3.28. The van der Waals surface area contributed by atoms with Crippen LogP contribution in [0.1, 0.15) is 13.8 Å². The highest BCUT2D eigenvalue weighted by Crippen LogP contribution is 2.26. The summed E-state index contributed by atoms with van der Waals surface area (Å²) in [5.41, 5.74) is 0. The lowest BCUT2D eigenvalue weighted by molar-refractivity contribution is 1.54. The molecule has 0 atom stereocenters. The molecule has 0 saturated heterocycles. The molecule has 22 heavy (non-hydrogen) atoms. The fourth-order valence-corrected chi connectivity index (χ4v) is 3.28. The number of benzene rings is 4. The third-order valence-electron chi connectivity index (χ3n) is 4.48. The Balaban J connectivity index is 2.16. The third-order valence-corrected chi connectivity index (χ3v) is 4.48. The molecule has 4 aromatic rings. The number of rotatable bonds is 0. The number of fused-ring (bicyclic) bond motifs is 3. The Morgan fingerprint density at radius 1 is 0.500 bits per heavy atom. The first-order chi connectivity index (χ1) is 10.8. The van der Waals surface area contributed by atoms with Crippen molar-refractivity contribution in [2.75, 3.05) is 0 Å². The lowest BCUT2D eigenvalue weighted by Crippen LogP contribution is -2.23. The SMILES string of the molecule is C/C=c1/cc2cc3cc4ccccc4cc3cc2c/c1=C/C. The molecule has 0 aliphatic rings. The maximum Gasteiger partial charge on any atom is -0.0171 e. The van der Waals surface area contributed by atoms with Gasteiger partial charge in [0.2, 0.25) is 0 Å². The van der Waals surface area contributed by atoms with E-state index in [4.69, 9.17) is 0 Å². The highest BCUT2D eigenvalue weighted by molar-refractivity contribution is 6.04. The second-order valence-electron chi connectivity index (χ2n) is 5.80. The minimum Gasteiger partial charge on any atom is -0.0798 e.